The van der Waals surface area contributed by atoms with Gasteiger partial charge in [0, 0.05) is 31.9 Å². The number of fused-ring (bicyclic) bond motifs is 1. The van der Waals surface area contributed by atoms with Crippen molar-refractivity contribution in [1.82, 2.24) is 29.4 Å². The Morgan fingerprint density at radius 2 is 2.06 bits per heavy atom. The number of pyridine rings is 1. The van der Waals surface area contributed by atoms with E-state index in [-0.39, 0.29) is 29.9 Å². The van der Waals surface area contributed by atoms with Crippen LogP contribution in [0, 0.1) is 0 Å². The highest BCUT2D eigenvalue weighted by molar-refractivity contribution is 6.00. The van der Waals surface area contributed by atoms with Crippen molar-refractivity contribution in [3.05, 3.63) is 46.5 Å². The molecule has 1 saturated heterocycles. The number of hydrogen-bond donors (Lipinski definition) is 3. The van der Waals surface area contributed by atoms with Crippen molar-refractivity contribution < 1.29 is 13.6 Å². The fourth-order valence-corrected chi connectivity index (χ4v) is 4.29. The highest BCUT2D eigenvalue weighted by atomic mass is 19.3. The molecule has 10 nitrogen and oxygen atoms in total. The SMILES string of the molecule is CNc1cc(Nc2cccn(C3CCN(C)CC3(F)F)c2=O)nc2c(C(=O)NC3CC3)cnn12. The fourth-order valence-electron chi connectivity index (χ4n) is 4.29. The normalized spacial score (nSPS) is 20.3. The number of rotatable bonds is 6. The van der Waals surface area contributed by atoms with Gasteiger partial charge in [0.15, 0.2) is 5.65 Å². The van der Waals surface area contributed by atoms with Crippen LogP contribution < -0.4 is 21.5 Å². The van der Waals surface area contributed by atoms with E-state index in [0.717, 1.165) is 17.4 Å². The smallest absolute Gasteiger partial charge is 0.280 e. The van der Waals surface area contributed by atoms with E-state index >= 15 is 0 Å². The van der Waals surface area contributed by atoms with E-state index in [4.69, 9.17) is 0 Å². The van der Waals surface area contributed by atoms with Crippen LogP contribution in [0.2, 0.25) is 0 Å². The summed E-state index contributed by atoms with van der Waals surface area (Å²) < 4.78 is 32.0. The first-order valence-corrected chi connectivity index (χ1v) is 11.2. The largest absolute Gasteiger partial charge is 0.373 e. The van der Waals surface area contributed by atoms with Gasteiger partial charge in [-0.25, -0.2) is 13.8 Å². The number of carbonyl (C=O) groups excluding carboxylic acids is 1. The number of piperidine rings is 1. The van der Waals surface area contributed by atoms with Crippen LogP contribution in [0.15, 0.2) is 35.4 Å². The molecule has 0 radical (unpaired) electrons. The zero-order chi connectivity index (χ0) is 24.0. The van der Waals surface area contributed by atoms with E-state index < -0.39 is 24.1 Å². The summed E-state index contributed by atoms with van der Waals surface area (Å²) >= 11 is 0. The molecule has 180 valence electrons. The molecule has 2 fully saturated rings. The summed E-state index contributed by atoms with van der Waals surface area (Å²) in [6.07, 6.45) is 4.90. The molecule has 3 N–H and O–H groups in total. The lowest BCUT2D eigenvalue weighted by Crippen LogP contribution is -2.49. The van der Waals surface area contributed by atoms with Gasteiger partial charge in [-0.05, 0) is 38.4 Å². The molecule has 0 aromatic carbocycles. The van der Waals surface area contributed by atoms with Crippen LogP contribution in [0.25, 0.3) is 5.65 Å². The molecular weight excluding hydrogens is 446 g/mol. The summed E-state index contributed by atoms with van der Waals surface area (Å²) in [5, 5.41) is 13.1. The van der Waals surface area contributed by atoms with Crippen LogP contribution in [0.4, 0.5) is 26.1 Å². The molecule has 1 amide bonds. The first-order chi connectivity index (χ1) is 16.3. The van der Waals surface area contributed by atoms with Crippen molar-refractivity contribution in [3.8, 4) is 0 Å². The molecule has 1 atom stereocenters. The lowest BCUT2D eigenvalue weighted by atomic mass is 10.0. The fraction of sp³-hybridized carbons (Fsp3) is 0.455. The second kappa shape index (κ2) is 8.35. The van der Waals surface area contributed by atoms with E-state index in [1.807, 2.05) is 0 Å². The van der Waals surface area contributed by atoms with Gasteiger partial charge < -0.3 is 25.4 Å². The third-order valence-electron chi connectivity index (χ3n) is 6.21. The van der Waals surface area contributed by atoms with Gasteiger partial charge in [-0.2, -0.15) is 9.61 Å². The predicted molar refractivity (Wildman–Crippen MR) is 123 cm³/mol. The molecule has 0 spiro atoms. The number of amides is 1. The number of alkyl halides is 2. The summed E-state index contributed by atoms with van der Waals surface area (Å²) in [5.74, 6) is -2.48. The Labute approximate surface area is 194 Å². The molecule has 2 aliphatic rings. The van der Waals surface area contributed by atoms with Crippen LogP contribution in [0.1, 0.15) is 35.7 Å². The van der Waals surface area contributed by atoms with Crippen LogP contribution in [-0.2, 0) is 0 Å². The molecule has 1 aliphatic carbocycles. The Bertz CT molecular complexity index is 1300. The van der Waals surface area contributed by atoms with Gasteiger partial charge in [-0.15, -0.1) is 0 Å². The maximum atomic E-state index is 14.7. The van der Waals surface area contributed by atoms with Gasteiger partial charge in [-0.3, -0.25) is 9.59 Å². The Balaban J connectivity index is 1.49. The molecule has 1 aliphatic heterocycles. The van der Waals surface area contributed by atoms with Crippen molar-refractivity contribution in [2.45, 2.75) is 37.3 Å². The molecule has 3 aromatic heterocycles. The van der Waals surface area contributed by atoms with Gasteiger partial charge in [-0.1, -0.05) is 0 Å². The maximum absolute atomic E-state index is 14.7. The second-order valence-corrected chi connectivity index (χ2v) is 8.88. The molecule has 1 saturated carbocycles. The van der Waals surface area contributed by atoms with E-state index in [2.05, 4.69) is 26.0 Å². The van der Waals surface area contributed by atoms with Crippen molar-refractivity contribution in [2.75, 3.05) is 37.8 Å². The number of carbonyl (C=O) groups is 1. The Hall–Kier alpha value is -3.54. The van der Waals surface area contributed by atoms with E-state index in [1.54, 1.807) is 31.1 Å². The minimum Gasteiger partial charge on any atom is -0.373 e. The second-order valence-electron chi connectivity index (χ2n) is 8.88. The van der Waals surface area contributed by atoms with Crippen molar-refractivity contribution in [2.24, 2.45) is 0 Å². The Kier molecular flexibility index (Phi) is 5.47. The summed E-state index contributed by atoms with van der Waals surface area (Å²) in [7, 11) is 3.34. The minimum absolute atomic E-state index is 0.111. The van der Waals surface area contributed by atoms with Gasteiger partial charge in [0.25, 0.3) is 17.4 Å². The molecule has 0 bridgehead atoms. The third-order valence-corrected chi connectivity index (χ3v) is 6.21. The number of hydrogen-bond acceptors (Lipinski definition) is 7. The van der Waals surface area contributed by atoms with Crippen molar-refractivity contribution >= 4 is 28.9 Å². The first kappa shape index (κ1) is 22.3. The van der Waals surface area contributed by atoms with Crippen LogP contribution in [0.5, 0.6) is 0 Å². The molecule has 12 heteroatoms. The predicted octanol–water partition coefficient (Wildman–Crippen LogP) is 2.08. The molecule has 1 unspecified atom stereocenters. The van der Waals surface area contributed by atoms with E-state index in [1.165, 1.54) is 23.0 Å². The molecule has 34 heavy (non-hydrogen) atoms. The molecule has 3 aromatic rings. The third kappa shape index (κ3) is 4.09. The van der Waals surface area contributed by atoms with Gasteiger partial charge in [0.2, 0.25) is 0 Å². The number of anilines is 3. The zero-order valence-corrected chi connectivity index (χ0v) is 18.9. The summed E-state index contributed by atoms with van der Waals surface area (Å²) in [4.78, 5) is 31.8. The number of likely N-dealkylation sites (tertiary alicyclic amines) is 1. The first-order valence-electron chi connectivity index (χ1n) is 11.2. The van der Waals surface area contributed by atoms with E-state index in [9.17, 15) is 18.4 Å². The van der Waals surface area contributed by atoms with Crippen LogP contribution in [-0.4, -0.2) is 69.1 Å². The van der Waals surface area contributed by atoms with Crippen LogP contribution >= 0.6 is 0 Å². The maximum Gasteiger partial charge on any atom is 0.280 e. The zero-order valence-electron chi connectivity index (χ0n) is 18.9. The van der Waals surface area contributed by atoms with Crippen LogP contribution in [0.3, 0.4) is 0 Å². The van der Waals surface area contributed by atoms with Crippen molar-refractivity contribution in [1.29, 1.82) is 0 Å². The summed E-state index contributed by atoms with van der Waals surface area (Å²) in [6.45, 7) is 0.0689. The lowest BCUT2D eigenvalue weighted by molar-refractivity contribution is -0.0988. The monoisotopic (exact) mass is 472 g/mol. The number of nitrogens with zero attached hydrogens (tertiary/aromatic N) is 5. The van der Waals surface area contributed by atoms with E-state index in [0.29, 0.717) is 23.6 Å². The Morgan fingerprint density at radius 1 is 1.26 bits per heavy atom. The van der Waals surface area contributed by atoms with Crippen molar-refractivity contribution in [3.63, 3.8) is 0 Å². The lowest BCUT2D eigenvalue weighted by Gasteiger charge is -2.37. The highest BCUT2D eigenvalue weighted by Crippen LogP contribution is 2.35. The number of aromatic nitrogens is 4. The van der Waals surface area contributed by atoms with Gasteiger partial charge in [0.05, 0.1) is 12.7 Å². The minimum atomic E-state index is -3.03. The quantitative estimate of drug-likeness (QED) is 0.504. The summed E-state index contributed by atoms with van der Waals surface area (Å²) in [6, 6.07) is 3.65. The topological polar surface area (TPSA) is 109 Å². The molecule has 4 heterocycles. The Morgan fingerprint density at radius 3 is 2.76 bits per heavy atom. The number of nitrogens with one attached hydrogen (secondary N) is 3. The molecule has 5 rings (SSSR count). The van der Waals surface area contributed by atoms with Gasteiger partial charge >= 0.3 is 0 Å². The standard InChI is InChI=1S/C22H26F2N8O2/c1-25-18-10-17(29-19-14(11-26-32(18)19)20(33)27-13-5-6-13)28-15-4-3-8-31(21(15)34)16-7-9-30(2)12-22(16,23)24/h3-4,8,10-11,13,16,25H,5-7,9,12H2,1-2H3,(H,27,33)(H,28,29). The van der Waals surface area contributed by atoms with Gasteiger partial charge in [0.1, 0.15) is 28.9 Å². The average molecular weight is 473 g/mol. The highest BCUT2D eigenvalue weighted by Gasteiger charge is 2.45. The average Bonchev–Trinajstić information content (AvgIpc) is 3.49. The molecular formula is C22H26F2N8O2. The summed E-state index contributed by atoms with van der Waals surface area (Å²) in [5.41, 5.74) is 0.165. The number of halogens is 2.